The van der Waals surface area contributed by atoms with Gasteiger partial charge >= 0.3 is 0 Å². The van der Waals surface area contributed by atoms with Crippen LogP contribution in [0, 0.1) is 12.3 Å². The van der Waals surface area contributed by atoms with Crippen molar-refractivity contribution in [1.29, 1.82) is 0 Å². The fourth-order valence-electron chi connectivity index (χ4n) is 2.09. The summed E-state index contributed by atoms with van der Waals surface area (Å²) < 4.78 is 0. The number of carbonyl (C=O) groups excluding carboxylic acids is 1. The first kappa shape index (κ1) is 16.0. The number of benzene rings is 1. The van der Waals surface area contributed by atoms with Gasteiger partial charge in [0.2, 0.25) is 5.91 Å². The van der Waals surface area contributed by atoms with E-state index in [1.54, 1.807) is 11.8 Å². The van der Waals surface area contributed by atoms with Crippen LogP contribution in [0.15, 0.2) is 29.4 Å². The maximum absolute atomic E-state index is 12.8. The van der Waals surface area contributed by atoms with Crippen molar-refractivity contribution in [2.24, 2.45) is 16.3 Å². The van der Waals surface area contributed by atoms with Crippen molar-refractivity contribution < 1.29 is 10.0 Å². The fourth-order valence-corrected chi connectivity index (χ4v) is 2.09. The van der Waals surface area contributed by atoms with E-state index in [0.717, 1.165) is 11.3 Å². The molecule has 0 aliphatic rings. The zero-order valence-corrected chi connectivity index (χ0v) is 12.6. The number of anilines is 1. The molecular weight excluding hydrogens is 254 g/mol. The molecular formula is C15H23N3O2. The fraction of sp³-hybridized carbons (Fsp3) is 0.467. The van der Waals surface area contributed by atoms with Gasteiger partial charge in [0.15, 0.2) is 5.84 Å². The highest BCUT2D eigenvalue weighted by atomic mass is 16.4. The summed E-state index contributed by atoms with van der Waals surface area (Å²) in [4.78, 5) is 14.5. The molecule has 5 heteroatoms. The van der Waals surface area contributed by atoms with E-state index in [0.29, 0.717) is 13.0 Å². The normalized spacial score (nSPS) is 14.7. The Morgan fingerprint density at radius 2 is 2.10 bits per heavy atom. The van der Waals surface area contributed by atoms with Crippen LogP contribution in [0.2, 0.25) is 0 Å². The van der Waals surface area contributed by atoms with Crippen molar-refractivity contribution in [3.63, 3.8) is 0 Å². The average Bonchev–Trinajstić information content (AvgIpc) is 2.46. The molecule has 1 aromatic rings. The molecule has 110 valence electrons. The van der Waals surface area contributed by atoms with Crippen LogP contribution in [0.1, 0.15) is 32.8 Å². The van der Waals surface area contributed by atoms with E-state index in [9.17, 15) is 4.79 Å². The lowest BCUT2D eigenvalue weighted by Gasteiger charge is -2.32. The SMILES string of the molecule is CCN(C(=O)C(C)(CC)/C(N)=N/O)c1cccc(C)c1. The van der Waals surface area contributed by atoms with Gasteiger partial charge in [0, 0.05) is 12.2 Å². The summed E-state index contributed by atoms with van der Waals surface area (Å²) in [5.74, 6) is -0.223. The van der Waals surface area contributed by atoms with Gasteiger partial charge in [-0.25, -0.2) is 0 Å². The molecule has 1 atom stereocenters. The first-order valence-electron chi connectivity index (χ1n) is 6.77. The molecule has 0 saturated heterocycles. The van der Waals surface area contributed by atoms with E-state index in [-0.39, 0.29) is 11.7 Å². The largest absolute Gasteiger partial charge is 0.409 e. The second-order valence-corrected chi connectivity index (χ2v) is 5.06. The number of nitrogens with zero attached hydrogens (tertiary/aromatic N) is 2. The molecule has 1 aromatic carbocycles. The molecule has 0 aliphatic carbocycles. The van der Waals surface area contributed by atoms with Crippen molar-refractivity contribution in [2.75, 3.05) is 11.4 Å². The van der Waals surface area contributed by atoms with Gasteiger partial charge in [0.1, 0.15) is 5.41 Å². The summed E-state index contributed by atoms with van der Waals surface area (Å²) in [6, 6.07) is 7.72. The Morgan fingerprint density at radius 1 is 1.45 bits per heavy atom. The number of nitrogens with two attached hydrogens (primary N) is 1. The monoisotopic (exact) mass is 277 g/mol. The maximum atomic E-state index is 12.8. The Labute approximate surface area is 120 Å². The molecule has 0 fully saturated rings. The zero-order valence-electron chi connectivity index (χ0n) is 12.6. The maximum Gasteiger partial charge on any atom is 0.240 e. The quantitative estimate of drug-likeness (QED) is 0.375. The third-order valence-electron chi connectivity index (χ3n) is 3.73. The molecule has 0 spiro atoms. The molecule has 1 rings (SSSR count). The molecule has 5 nitrogen and oxygen atoms in total. The van der Waals surface area contributed by atoms with Crippen molar-refractivity contribution in [3.05, 3.63) is 29.8 Å². The number of hydrogen-bond acceptors (Lipinski definition) is 3. The van der Waals surface area contributed by atoms with Gasteiger partial charge in [0.25, 0.3) is 0 Å². The Bertz CT molecular complexity index is 514. The van der Waals surface area contributed by atoms with Crippen molar-refractivity contribution in [2.45, 2.75) is 34.1 Å². The van der Waals surface area contributed by atoms with E-state index in [1.807, 2.05) is 45.0 Å². The molecule has 0 heterocycles. The van der Waals surface area contributed by atoms with Crippen LogP contribution in [0.3, 0.4) is 0 Å². The zero-order chi connectivity index (χ0) is 15.3. The predicted octanol–water partition coefficient (Wildman–Crippen LogP) is 2.51. The van der Waals surface area contributed by atoms with Gasteiger partial charge in [-0.2, -0.15) is 0 Å². The molecule has 3 N–H and O–H groups in total. The van der Waals surface area contributed by atoms with Crippen LogP contribution in [-0.4, -0.2) is 23.5 Å². The van der Waals surface area contributed by atoms with Crippen LogP contribution in [0.4, 0.5) is 5.69 Å². The van der Waals surface area contributed by atoms with E-state index >= 15 is 0 Å². The second-order valence-electron chi connectivity index (χ2n) is 5.06. The van der Waals surface area contributed by atoms with Gasteiger partial charge in [-0.15, -0.1) is 0 Å². The summed E-state index contributed by atoms with van der Waals surface area (Å²) in [6.45, 7) is 7.95. The van der Waals surface area contributed by atoms with Crippen LogP contribution in [0.25, 0.3) is 0 Å². The standard InChI is InChI=1S/C15H23N3O2/c1-5-15(4,13(16)17-20)14(19)18(6-2)12-9-7-8-11(3)10-12/h7-10,20H,5-6H2,1-4H3,(H2,16,17). The summed E-state index contributed by atoms with van der Waals surface area (Å²) in [7, 11) is 0. The van der Waals surface area contributed by atoms with E-state index < -0.39 is 5.41 Å². The first-order valence-corrected chi connectivity index (χ1v) is 6.77. The topological polar surface area (TPSA) is 78.9 Å². The van der Waals surface area contributed by atoms with Crippen LogP contribution in [-0.2, 0) is 4.79 Å². The highest BCUT2D eigenvalue weighted by Gasteiger charge is 2.39. The molecule has 0 aliphatic heterocycles. The van der Waals surface area contributed by atoms with Crippen molar-refractivity contribution >= 4 is 17.4 Å². The number of rotatable bonds is 5. The summed E-state index contributed by atoms with van der Waals surface area (Å²) in [5, 5.41) is 11.9. The van der Waals surface area contributed by atoms with Crippen molar-refractivity contribution in [3.8, 4) is 0 Å². The molecule has 0 radical (unpaired) electrons. The van der Waals surface area contributed by atoms with Gasteiger partial charge < -0.3 is 15.8 Å². The molecule has 0 aromatic heterocycles. The van der Waals surface area contributed by atoms with Gasteiger partial charge in [-0.05, 0) is 44.9 Å². The molecule has 0 bridgehead atoms. The molecule has 20 heavy (non-hydrogen) atoms. The minimum atomic E-state index is -1.01. The lowest BCUT2D eigenvalue weighted by Crippen LogP contribution is -2.49. The number of carbonyl (C=O) groups is 1. The number of amidine groups is 1. The number of hydrogen-bond donors (Lipinski definition) is 2. The average molecular weight is 277 g/mol. The van der Waals surface area contributed by atoms with Crippen LogP contribution >= 0.6 is 0 Å². The van der Waals surface area contributed by atoms with Gasteiger partial charge in [-0.1, -0.05) is 24.2 Å². The highest BCUT2D eigenvalue weighted by molar-refractivity contribution is 6.12. The number of amides is 1. The van der Waals surface area contributed by atoms with Crippen LogP contribution in [0.5, 0.6) is 0 Å². The lowest BCUT2D eigenvalue weighted by molar-refractivity contribution is -0.124. The van der Waals surface area contributed by atoms with E-state index in [2.05, 4.69) is 5.16 Å². The Balaban J connectivity index is 3.21. The predicted molar refractivity (Wildman–Crippen MR) is 81.0 cm³/mol. The third kappa shape index (κ3) is 2.92. The Hall–Kier alpha value is -2.04. The summed E-state index contributed by atoms with van der Waals surface area (Å²) in [6.07, 6.45) is 0.462. The summed E-state index contributed by atoms with van der Waals surface area (Å²) in [5.41, 5.74) is 6.61. The smallest absolute Gasteiger partial charge is 0.240 e. The van der Waals surface area contributed by atoms with Gasteiger partial charge in [-0.3, -0.25) is 4.79 Å². The minimum absolute atomic E-state index is 0.0592. The van der Waals surface area contributed by atoms with Crippen molar-refractivity contribution in [1.82, 2.24) is 0 Å². The molecule has 0 saturated carbocycles. The Kier molecular flexibility index (Phi) is 5.13. The van der Waals surface area contributed by atoms with Crippen LogP contribution < -0.4 is 10.6 Å². The first-order chi connectivity index (χ1) is 9.40. The highest BCUT2D eigenvalue weighted by Crippen LogP contribution is 2.28. The number of oxime groups is 1. The Morgan fingerprint density at radius 3 is 2.55 bits per heavy atom. The minimum Gasteiger partial charge on any atom is -0.409 e. The molecule has 1 amide bonds. The van der Waals surface area contributed by atoms with Gasteiger partial charge in [0.05, 0.1) is 0 Å². The number of aryl methyl sites for hydroxylation is 1. The van der Waals surface area contributed by atoms with E-state index in [4.69, 9.17) is 10.9 Å². The summed E-state index contributed by atoms with van der Waals surface area (Å²) >= 11 is 0. The third-order valence-corrected chi connectivity index (χ3v) is 3.73. The second kappa shape index (κ2) is 6.41. The molecule has 1 unspecified atom stereocenters. The van der Waals surface area contributed by atoms with E-state index in [1.165, 1.54) is 0 Å². The lowest BCUT2D eigenvalue weighted by atomic mass is 9.84.